The molecule has 2 aromatic rings. The normalized spacial score (nSPS) is 12.3. The smallest absolute Gasteiger partial charge is 0.0422 e. The van der Waals surface area contributed by atoms with Gasteiger partial charge in [0, 0.05) is 36.7 Å². The van der Waals surface area contributed by atoms with Crippen LogP contribution in [-0.2, 0) is 12.8 Å². The Kier molecular flexibility index (Phi) is 5.69. The molecule has 0 saturated carbocycles. The standard InChI is InChI=1S/C17H23N3/c1-3-9-20-17(12-15-7-5-6-10-19-15)16-8-11-18-13-14(16)4-2/h5-8,10-11,13,17,20H,3-4,9,12H2,1-2H3. The highest BCUT2D eigenvalue weighted by Crippen LogP contribution is 2.21. The lowest BCUT2D eigenvalue weighted by Gasteiger charge is -2.21. The van der Waals surface area contributed by atoms with Gasteiger partial charge in [-0.05, 0) is 48.7 Å². The number of aromatic nitrogens is 2. The molecule has 0 aliphatic heterocycles. The lowest BCUT2D eigenvalue weighted by Crippen LogP contribution is -2.25. The van der Waals surface area contributed by atoms with Crippen LogP contribution in [0, 0.1) is 0 Å². The summed E-state index contributed by atoms with van der Waals surface area (Å²) < 4.78 is 0. The molecule has 0 aromatic carbocycles. The van der Waals surface area contributed by atoms with Crippen molar-refractivity contribution in [3.05, 3.63) is 59.7 Å². The molecule has 3 nitrogen and oxygen atoms in total. The molecule has 0 spiro atoms. The molecule has 106 valence electrons. The first kappa shape index (κ1) is 14.7. The first-order chi connectivity index (χ1) is 9.85. The van der Waals surface area contributed by atoms with E-state index in [9.17, 15) is 0 Å². The molecule has 0 saturated heterocycles. The van der Waals surface area contributed by atoms with Crippen molar-refractivity contribution in [1.29, 1.82) is 0 Å². The Bertz CT molecular complexity index is 511. The molecule has 2 heterocycles. The summed E-state index contributed by atoms with van der Waals surface area (Å²) in [6.45, 7) is 5.39. The molecule has 0 aliphatic carbocycles. The second-order valence-corrected chi connectivity index (χ2v) is 4.96. The molecule has 3 heteroatoms. The van der Waals surface area contributed by atoms with E-state index in [1.807, 2.05) is 30.7 Å². The predicted octanol–water partition coefficient (Wildman–Crippen LogP) is 3.32. The minimum absolute atomic E-state index is 0.308. The molecule has 1 unspecified atom stereocenters. The summed E-state index contributed by atoms with van der Waals surface area (Å²) in [6, 6.07) is 8.54. The Morgan fingerprint density at radius 2 is 2.05 bits per heavy atom. The molecule has 1 N–H and O–H groups in total. The number of hydrogen-bond acceptors (Lipinski definition) is 3. The lowest BCUT2D eigenvalue weighted by molar-refractivity contribution is 0.520. The number of pyridine rings is 2. The molecular formula is C17H23N3. The van der Waals surface area contributed by atoms with Crippen LogP contribution >= 0.6 is 0 Å². The first-order valence-electron chi connectivity index (χ1n) is 7.41. The predicted molar refractivity (Wildman–Crippen MR) is 82.6 cm³/mol. The number of aryl methyl sites for hydroxylation is 1. The minimum Gasteiger partial charge on any atom is -0.310 e. The summed E-state index contributed by atoms with van der Waals surface area (Å²) in [4.78, 5) is 8.69. The Balaban J connectivity index is 2.22. The van der Waals surface area contributed by atoms with Gasteiger partial charge in [0.15, 0.2) is 0 Å². The van der Waals surface area contributed by atoms with E-state index in [4.69, 9.17) is 0 Å². The number of nitrogens with zero attached hydrogens (tertiary/aromatic N) is 2. The SMILES string of the molecule is CCCNC(Cc1ccccn1)c1ccncc1CC. The van der Waals surface area contributed by atoms with Crippen LogP contribution in [-0.4, -0.2) is 16.5 Å². The van der Waals surface area contributed by atoms with E-state index >= 15 is 0 Å². The molecule has 2 rings (SSSR count). The summed E-state index contributed by atoms with van der Waals surface area (Å²) in [5.74, 6) is 0. The van der Waals surface area contributed by atoms with E-state index in [-0.39, 0.29) is 0 Å². The maximum absolute atomic E-state index is 4.45. The van der Waals surface area contributed by atoms with Gasteiger partial charge in [0.05, 0.1) is 0 Å². The highest BCUT2D eigenvalue weighted by atomic mass is 14.9. The van der Waals surface area contributed by atoms with Gasteiger partial charge in [0.25, 0.3) is 0 Å². The highest BCUT2D eigenvalue weighted by Gasteiger charge is 2.15. The Hall–Kier alpha value is -1.74. The summed E-state index contributed by atoms with van der Waals surface area (Å²) in [7, 11) is 0. The van der Waals surface area contributed by atoms with Crippen LogP contribution in [0.2, 0.25) is 0 Å². The first-order valence-corrected chi connectivity index (χ1v) is 7.41. The van der Waals surface area contributed by atoms with Crippen molar-refractivity contribution < 1.29 is 0 Å². The number of nitrogens with one attached hydrogen (secondary N) is 1. The fourth-order valence-corrected chi connectivity index (χ4v) is 2.41. The molecule has 0 bridgehead atoms. The van der Waals surface area contributed by atoms with Crippen molar-refractivity contribution in [3.63, 3.8) is 0 Å². The van der Waals surface area contributed by atoms with E-state index in [2.05, 4.69) is 41.3 Å². The van der Waals surface area contributed by atoms with Gasteiger partial charge in [0.2, 0.25) is 0 Å². The van der Waals surface area contributed by atoms with Gasteiger partial charge >= 0.3 is 0 Å². The van der Waals surface area contributed by atoms with Crippen molar-refractivity contribution in [2.45, 2.75) is 39.2 Å². The molecule has 20 heavy (non-hydrogen) atoms. The van der Waals surface area contributed by atoms with Crippen molar-refractivity contribution >= 4 is 0 Å². The Morgan fingerprint density at radius 3 is 2.75 bits per heavy atom. The van der Waals surface area contributed by atoms with Gasteiger partial charge in [-0.1, -0.05) is 19.9 Å². The zero-order valence-corrected chi connectivity index (χ0v) is 12.3. The largest absolute Gasteiger partial charge is 0.310 e. The maximum Gasteiger partial charge on any atom is 0.0422 e. The van der Waals surface area contributed by atoms with Crippen molar-refractivity contribution in [3.8, 4) is 0 Å². The van der Waals surface area contributed by atoms with Crippen LogP contribution in [0.4, 0.5) is 0 Å². The fraction of sp³-hybridized carbons (Fsp3) is 0.412. The third-order valence-electron chi connectivity index (χ3n) is 3.48. The zero-order chi connectivity index (χ0) is 14.2. The molecule has 0 amide bonds. The minimum atomic E-state index is 0.308. The Labute approximate surface area is 121 Å². The van der Waals surface area contributed by atoms with Crippen LogP contribution in [0.3, 0.4) is 0 Å². The molecule has 2 aromatic heterocycles. The van der Waals surface area contributed by atoms with Crippen molar-refractivity contribution in [2.24, 2.45) is 0 Å². The van der Waals surface area contributed by atoms with Crippen LogP contribution < -0.4 is 5.32 Å². The summed E-state index contributed by atoms with van der Waals surface area (Å²) in [5, 5.41) is 3.64. The zero-order valence-electron chi connectivity index (χ0n) is 12.3. The van der Waals surface area contributed by atoms with Crippen LogP contribution in [0.25, 0.3) is 0 Å². The van der Waals surface area contributed by atoms with Gasteiger partial charge in [0.1, 0.15) is 0 Å². The Morgan fingerprint density at radius 1 is 1.15 bits per heavy atom. The van der Waals surface area contributed by atoms with E-state index in [1.165, 1.54) is 11.1 Å². The quantitative estimate of drug-likeness (QED) is 0.838. The number of rotatable bonds is 7. The van der Waals surface area contributed by atoms with Gasteiger partial charge < -0.3 is 5.32 Å². The fourth-order valence-electron chi connectivity index (χ4n) is 2.41. The van der Waals surface area contributed by atoms with Crippen LogP contribution in [0.1, 0.15) is 43.1 Å². The number of hydrogen-bond donors (Lipinski definition) is 1. The molecule has 0 fully saturated rings. The van der Waals surface area contributed by atoms with E-state index in [0.29, 0.717) is 6.04 Å². The highest BCUT2D eigenvalue weighted by molar-refractivity contribution is 5.28. The van der Waals surface area contributed by atoms with Gasteiger partial charge in [-0.15, -0.1) is 0 Å². The third kappa shape index (κ3) is 3.87. The van der Waals surface area contributed by atoms with Crippen LogP contribution in [0.15, 0.2) is 42.9 Å². The lowest BCUT2D eigenvalue weighted by atomic mass is 9.97. The van der Waals surface area contributed by atoms with E-state index in [0.717, 1.165) is 31.5 Å². The second-order valence-electron chi connectivity index (χ2n) is 4.96. The average Bonchev–Trinajstić information content (AvgIpc) is 2.52. The second kappa shape index (κ2) is 7.75. The summed E-state index contributed by atoms with van der Waals surface area (Å²) in [6.07, 6.45) is 8.78. The average molecular weight is 269 g/mol. The molecule has 0 radical (unpaired) electrons. The van der Waals surface area contributed by atoms with Gasteiger partial charge in [-0.25, -0.2) is 0 Å². The summed E-state index contributed by atoms with van der Waals surface area (Å²) >= 11 is 0. The van der Waals surface area contributed by atoms with Crippen molar-refractivity contribution in [1.82, 2.24) is 15.3 Å². The third-order valence-corrected chi connectivity index (χ3v) is 3.48. The van der Waals surface area contributed by atoms with Crippen molar-refractivity contribution in [2.75, 3.05) is 6.54 Å². The van der Waals surface area contributed by atoms with Gasteiger partial charge in [-0.3, -0.25) is 9.97 Å². The maximum atomic E-state index is 4.45. The van der Waals surface area contributed by atoms with Crippen LogP contribution in [0.5, 0.6) is 0 Å². The van der Waals surface area contributed by atoms with E-state index in [1.54, 1.807) is 0 Å². The molecule has 0 aliphatic rings. The topological polar surface area (TPSA) is 37.8 Å². The van der Waals surface area contributed by atoms with E-state index < -0.39 is 0 Å². The molecular weight excluding hydrogens is 246 g/mol. The molecule has 1 atom stereocenters. The summed E-state index contributed by atoms with van der Waals surface area (Å²) in [5.41, 5.74) is 3.79. The monoisotopic (exact) mass is 269 g/mol. The van der Waals surface area contributed by atoms with Gasteiger partial charge in [-0.2, -0.15) is 0 Å².